The Labute approximate surface area is 229 Å². The van der Waals surface area contributed by atoms with Gasteiger partial charge >= 0.3 is 0 Å². The van der Waals surface area contributed by atoms with Crippen molar-refractivity contribution in [1.29, 1.82) is 0 Å². The number of rotatable bonds is 16. The third-order valence-corrected chi connectivity index (χ3v) is 6.49. The molecule has 0 bridgehead atoms. The van der Waals surface area contributed by atoms with Crippen molar-refractivity contribution in [3.8, 4) is 23.0 Å². The highest BCUT2D eigenvalue weighted by atomic mass is 16.3. The Balaban J connectivity index is 1.83. The van der Waals surface area contributed by atoms with E-state index in [0.717, 1.165) is 5.56 Å². The van der Waals surface area contributed by atoms with Crippen molar-refractivity contribution in [2.45, 2.75) is 77.3 Å². The molecule has 1 unspecified atom stereocenters. The quantitative estimate of drug-likeness (QED) is 0.125. The predicted octanol–water partition coefficient (Wildman–Crippen LogP) is 2.80. The Hall–Kier alpha value is -3.79. The molecular weight excluding hydrogens is 502 g/mol. The normalized spacial score (nSPS) is 12.1. The molecule has 7 N–H and O–H groups in total. The first-order chi connectivity index (χ1) is 18.4. The van der Waals surface area contributed by atoms with E-state index in [1.165, 1.54) is 24.3 Å². The van der Waals surface area contributed by atoms with Gasteiger partial charge in [0.2, 0.25) is 11.8 Å². The van der Waals surface area contributed by atoms with Gasteiger partial charge in [0.05, 0.1) is 11.6 Å². The number of amides is 2. The summed E-state index contributed by atoms with van der Waals surface area (Å²) in [5, 5.41) is 46.9. The molecule has 2 rings (SSSR count). The summed E-state index contributed by atoms with van der Waals surface area (Å²) in [6.45, 7) is 6.49. The minimum absolute atomic E-state index is 0.116. The number of carbonyl (C=O) groups excluding carboxylic acids is 3. The van der Waals surface area contributed by atoms with E-state index in [1.54, 1.807) is 26.0 Å². The third-order valence-electron chi connectivity index (χ3n) is 6.49. The van der Waals surface area contributed by atoms with Gasteiger partial charge in [0.1, 0.15) is 0 Å². The lowest BCUT2D eigenvalue weighted by atomic mass is 9.90. The average molecular weight is 544 g/mol. The number of hydrogen-bond acceptors (Lipinski definition) is 8. The standard InChI is InChI=1S/C29H41N3O7/c1-4-31-29(2,3)28(39)21(32-27(38)15-11-20-9-13-23(34)25(36)18-20)7-5-6-16-30-26(37)14-10-19-8-12-22(33)24(35)17-19/h8-9,12-13,17-18,21,31,33-36H,4-7,10-11,14-16H2,1-3H3,(H,30,37)(H,32,38). The molecule has 2 aromatic carbocycles. The number of carbonyl (C=O) groups is 3. The molecule has 0 fully saturated rings. The zero-order chi connectivity index (χ0) is 29.0. The van der Waals surface area contributed by atoms with Crippen LogP contribution in [0, 0.1) is 0 Å². The number of aromatic hydroxyl groups is 4. The van der Waals surface area contributed by atoms with Gasteiger partial charge in [0.15, 0.2) is 28.8 Å². The summed E-state index contributed by atoms with van der Waals surface area (Å²) in [7, 11) is 0. The molecule has 1 atom stereocenters. The minimum atomic E-state index is -0.827. The van der Waals surface area contributed by atoms with E-state index < -0.39 is 11.6 Å². The van der Waals surface area contributed by atoms with Crippen LogP contribution in [0.1, 0.15) is 64.0 Å². The number of unbranched alkanes of at least 4 members (excludes halogenated alkanes) is 1. The number of aryl methyl sites for hydroxylation is 2. The summed E-state index contributed by atoms with van der Waals surface area (Å²) < 4.78 is 0. The number of Topliss-reactive ketones (excluding diaryl/α,β-unsaturated/α-hetero) is 1. The predicted molar refractivity (Wildman–Crippen MR) is 148 cm³/mol. The van der Waals surface area contributed by atoms with E-state index in [2.05, 4.69) is 16.0 Å². The van der Waals surface area contributed by atoms with Gasteiger partial charge in [-0.15, -0.1) is 0 Å². The van der Waals surface area contributed by atoms with E-state index >= 15 is 0 Å². The van der Waals surface area contributed by atoms with Crippen LogP contribution in [0.3, 0.4) is 0 Å². The lowest BCUT2D eigenvalue weighted by Gasteiger charge is -2.29. The smallest absolute Gasteiger partial charge is 0.220 e. The van der Waals surface area contributed by atoms with Crippen LogP contribution in [0.5, 0.6) is 23.0 Å². The van der Waals surface area contributed by atoms with Crippen LogP contribution in [0.15, 0.2) is 36.4 Å². The molecule has 10 nitrogen and oxygen atoms in total. The van der Waals surface area contributed by atoms with Crippen molar-refractivity contribution in [3.63, 3.8) is 0 Å². The lowest BCUT2D eigenvalue weighted by Crippen LogP contribution is -2.55. The lowest BCUT2D eigenvalue weighted by molar-refractivity contribution is -0.131. The Morgan fingerprint density at radius 2 is 1.33 bits per heavy atom. The number of ketones is 1. The van der Waals surface area contributed by atoms with Crippen LogP contribution in [0.4, 0.5) is 0 Å². The number of likely N-dealkylation sites (N-methyl/N-ethyl adjacent to an activating group) is 1. The van der Waals surface area contributed by atoms with Gasteiger partial charge in [-0.05, 0) is 87.9 Å². The fourth-order valence-corrected chi connectivity index (χ4v) is 4.25. The second-order valence-corrected chi connectivity index (χ2v) is 10.1. The first-order valence-corrected chi connectivity index (χ1v) is 13.3. The van der Waals surface area contributed by atoms with Crippen molar-refractivity contribution in [2.75, 3.05) is 13.1 Å². The molecule has 0 aromatic heterocycles. The highest BCUT2D eigenvalue weighted by Crippen LogP contribution is 2.26. The number of phenolic OH excluding ortho intramolecular Hbond substituents is 4. The van der Waals surface area contributed by atoms with E-state index in [0.29, 0.717) is 50.8 Å². The maximum atomic E-state index is 13.2. The molecule has 0 saturated carbocycles. The first kappa shape index (κ1) is 31.4. The van der Waals surface area contributed by atoms with Crippen LogP contribution < -0.4 is 16.0 Å². The SMILES string of the molecule is CCNC(C)(C)C(=O)C(CCCCNC(=O)CCc1ccc(O)c(O)c1)NC(=O)CCc1ccc(O)c(O)c1. The summed E-state index contributed by atoms with van der Waals surface area (Å²) in [6, 6.07) is 8.16. The summed E-state index contributed by atoms with van der Waals surface area (Å²) >= 11 is 0. The van der Waals surface area contributed by atoms with Gasteiger partial charge < -0.3 is 36.4 Å². The average Bonchev–Trinajstić information content (AvgIpc) is 2.88. The molecule has 214 valence electrons. The largest absolute Gasteiger partial charge is 0.504 e. The third kappa shape index (κ3) is 10.5. The van der Waals surface area contributed by atoms with Gasteiger partial charge in [-0.2, -0.15) is 0 Å². The Kier molecular flexibility index (Phi) is 12.1. The number of phenols is 4. The fourth-order valence-electron chi connectivity index (χ4n) is 4.25. The minimum Gasteiger partial charge on any atom is -0.504 e. The first-order valence-electron chi connectivity index (χ1n) is 13.3. The van der Waals surface area contributed by atoms with Crippen molar-refractivity contribution >= 4 is 17.6 Å². The van der Waals surface area contributed by atoms with Crippen molar-refractivity contribution in [3.05, 3.63) is 47.5 Å². The molecule has 0 aliphatic heterocycles. The molecule has 10 heteroatoms. The number of benzene rings is 2. The van der Waals surface area contributed by atoms with Gasteiger partial charge in [0.25, 0.3) is 0 Å². The van der Waals surface area contributed by atoms with Crippen molar-refractivity contribution in [1.82, 2.24) is 16.0 Å². The van der Waals surface area contributed by atoms with Gasteiger partial charge in [0, 0.05) is 19.4 Å². The van der Waals surface area contributed by atoms with E-state index in [1.807, 2.05) is 6.92 Å². The fraction of sp³-hybridized carbons (Fsp3) is 0.483. The van der Waals surface area contributed by atoms with Crippen LogP contribution in [-0.2, 0) is 27.2 Å². The summed E-state index contributed by atoms with van der Waals surface area (Å²) in [5.74, 6) is -1.46. The molecule has 0 saturated heterocycles. The van der Waals surface area contributed by atoms with Gasteiger partial charge in [-0.3, -0.25) is 14.4 Å². The van der Waals surface area contributed by atoms with E-state index in [4.69, 9.17) is 0 Å². The molecular formula is C29H41N3O7. The molecule has 2 amide bonds. The van der Waals surface area contributed by atoms with Crippen LogP contribution >= 0.6 is 0 Å². The monoisotopic (exact) mass is 543 g/mol. The topological polar surface area (TPSA) is 168 Å². The molecule has 0 heterocycles. The molecule has 0 radical (unpaired) electrons. The zero-order valence-corrected chi connectivity index (χ0v) is 22.9. The molecule has 0 aliphatic rings. The summed E-state index contributed by atoms with van der Waals surface area (Å²) in [5.41, 5.74) is 0.601. The Morgan fingerprint density at radius 3 is 1.85 bits per heavy atom. The van der Waals surface area contributed by atoms with Crippen LogP contribution in [0.2, 0.25) is 0 Å². The highest BCUT2D eigenvalue weighted by Gasteiger charge is 2.33. The number of nitrogens with one attached hydrogen (secondary N) is 3. The Bertz CT molecular complexity index is 1130. The van der Waals surface area contributed by atoms with E-state index in [9.17, 15) is 34.8 Å². The van der Waals surface area contributed by atoms with Crippen molar-refractivity contribution in [2.24, 2.45) is 0 Å². The molecule has 0 spiro atoms. The van der Waals surface area contributed by atoms with Crippen LogP contribution in [-0.4, -0.2) is 62.7 Å². The van der Waals surface area contributed by atoms with Crippen LogP contribution in [0.25, 0.3) is 0 Å². The summed E-state index contributed by atoms with van der Waals surface area (Å²) in [4.78, 5) is 38.1. The number of hydrogen-bond donors (Lipinski definition) is 7. The summed E-state index contributed by atoms with van der Waals surface area (Å²) in [6.07, 6.45) is 2.76. The van der Waals surface area contributed by atoms with Gasteiger partial charge in [-0.25, -0.2) is 0 Å². The highest BCUT2D eigenvalue weighted by molar-refractivity contribution is 5.95. The second-order valence-electron chi connectivity index (χ2n) is 10.1. The van der Waals surface area contributed by atoms with Crippen molar-refractivity contribution < 1.29 is 34.8 Å². The second kappa shape index (κ2) is 15.0. The maximum Gasteiger partial charge on any atom is 0.220 e. The van der Waals surface area contributed by atoms with Gasteiger partial charge in [-0.1, -0.05) is 19.1 Å². The molecule has 0 aliphatic carbocycles. The molecule has 39 heavy (non-hydrogen) atoms. The van der Waals surface area contributed by atoms with E-state index in [-0.39, 0.29) is 53.4 Å². The Morgan fingerprint density at radius 1 is 0.795 bits per heavy atom. The zero-order valence-electron chi connectivity index (χ0n) is 22.9. The molecule has 2 aromatic rings. The maximum absolute atomic E-state index is 13.2.